The predicted molar refractivity (Wildman–Crippen MR) is 86.0 cm³/mol. The maximum absolute atomic E-state index is 11.8. The predicted octanol–water partition coefficient (Wildman–Crippen LogP) is 2.45. The average Bonchev–Trinajstić information content (AvgIpc) is 2.43. The smallest absolute Gasteiger partial charge is 0.320 e. The SMILES string of the molecule is CCCC(NCC(=O)Nc1cccc(CC)c1)C(=O)O.Cl. The van der Waals surface area contributed by atoms with Gasteiger partial charge in [-0.1, -0.05) is 32.4 Å². The van der Waals surface area contributed by atoms with E-state index in [0.717, 1.165) is 24.1 Å². The van der Waals surface area contributed by atoms with Crippen LogP contribution in [0.5, 0.6) is 0 Å². The minimum absolute atomic E-state index is 0. The molecule has 1 aromatic rings. The molecule has 1 atom stereocenters. The number of hydrogen-bond acceptors (Lipinski definition) is 3. The minimum Gasteiger partial charge on any atom is -0.480 e. The molecule has 21 heavy (non-hydrogen) atoms. The second-order valence-electron chi connectivity index (χ2n) is 4.66. The van der Waals surface area contributed by atoms with E-state index in [9.17, 15) is 9.59 Å². The van der Waals surface area contributed by atoms with Crippen molar-refractivity contribution in [3.05, 3.63) is 29.8 Å². The number of aryl methyl sites for hydroxylation is 1. The first-order chi connectivity index (χ1) is 9.56. The zero-order valence-corrected chi connectivity index (χ0v) is 13.2. The number of carbonyl (C=O) groups excluding carboxylic acids is 1. The second-order valence-corrected chi connectivity index (χ2v) is 4.66. The Balaban J connectivity index is 0.00000400. The Morgan fingerprint density at radius 1 is 1.29 bits per heavy atom. The van der Waals surface area contributed by atoms with Gasteiger partial charge in [0.2, 0.25) is 5.91 Å². The maximum atomic E-state index is 11.8. The zero-order valence-electron chi connectivity index (χ0n) is 12.4. The number of hydrogen-bond donors (Lipinski definition) is 3. The molecular weight excluding hydrogens is 292 g/mol. The van der Waals surface area contributed by atoms with Crippen molar-refractivity contribution in [1.29, 1.82) is 0 Å². The van der Waals surface area contributed by atoms with Crippen molar-refractivity contribution in [2.24, 2.45) is 0 Å². The first-order valence-electron chi connectivity index (χ1n) is 6.91. The van der Waals surface area contributed by atoms with Gasteiger partial charge in [0.1, 0.15) is 6.04 Å². The van der Waals surface area contributed by atoms with Crippen LogP contribution in [-0.4, -0.2) is 29.6 Å². The van der Waals surface area contributed by atoms with Crippen LogP contribution in [0.25, 0.3) is 0 Å². The third-order valence-electron chi connectivity index (χ3n) is 3.00. The molecule has 0 aliphatic heterocycles. The van der Waals surface area contributed by atoms with E-state index in [2.05, 4.69) is 10.6 Å². The van der Waals surface area contributed by atoms with Crippen LogP contribution < -0.4 is 10.6 Å². The number of halogens is 1. The summed E-state index contributed by atoms with van der Waals surface area (Å²) in [6.45, 7) is 3.95. The Bertz CT molecular complexity index is 466. The number of carbonyl (C=O) groups is 2. The monoisotopic (exact) mass is 314 g/mol. The molecule has 0 aliphatic rings. The number of carboxylic acids is 1. The Kier molecular flexibility index (Phi) is 9.41. The Morgan fingerprint density at radius 2 is 2.00 bits per heavy atom. The standard InChI is InChI=1S/C15H22N2O3.ClH/c1-3-6-13(15(19)20)16-10-14(18)17-12-8-5-7-11(4-2)9-12;/h5,7-9,13,16H,3-4,6,10H2,1-2H3,(H,17,18)(H,19,20);1H. The third-order valence-corrected chi connectivity index (χ3v) is 3.00. The number of rotatable bonds is 8. The zero-order chi connectivity index (χ0) is 15.0. The molecule has 1 amide bonds. The number of benzene rings is 1. The number of amides is 1. The topological polar surface area (TPSA) is 78.4 Å². The summed E-state index contributed by atoms with van der Waals surface area (Å²) in [6.07, 6.45) is 2.16. The molecule has 0 aliphatic carbocycles. The van der Waals surface area contributed by atoms with E-state index in [1.165, 1.54) is 0 Å². The van der Waals surface area contributed by atoms with E-state index in [0.29, 0.717) is 6.42 Å². The first kappa shape index (κ1) is 19.4. The van der Waals surface area contributed by atoms with E-state index in [4.69, 9.17) is 5.11 Å². The summed E-state index contributed by atoms with van der Waals surface area (Å²) < 4.78 is 0. The summed E-state index contributed by atoms with van der Waals surface area (Å²) in [5, 5.41) is 14.5. The number of anilines is 1. The molecular formula is C15H23ClN2O3. The van der Waals surface area contributed by atoms with Crippen molar-refractivity contribution in [3.63, 3.8) is 0 Å². The average molecular weight is 315 g/mol. The van der Waals surface area contributed by atoms with Gasteiger partial charge in [-0.25, -0.2) is 0 Å². The number of carboxylic acid groups (broad SMARTS) is 1. The molecule has 1 unspecified atom stereocenters. The van der Waals surface area contributed by atoms with Gasteiger partial charge in [-0.3, -0.25) is 14.9 Å². The fourth-order valence-corrected chi connectivity index (χ4v) is 1.89. The minimum atomic E-state index is -0.923. The summed E-state index contributed by atoms with van der Waals surface area (Å²) >= 11 is 0. The highest BCUT2D eigenvalue weighted by Crippen LogP contribution is 2.10. The molecule has 6 heteroatoms. The summed E-state index contributed by atoms with van der Waals surface area (Å²) in [6, 6.07) is 6.94. The van der Waals surface area contributed by atoms with Crippen molar-refractivity contribution in [2.75, 3.05) is 11.9 Å². The Labute approximate surface area is 131 Å². The summed E-state index contributed by atoms with van der Waals surface area (Å²) in [7, 11) is 0. The number of aliphatic carboxylic acids is 1. The highest BCUT2D eigenvalue weighted by molar-refractivity contribution is 5.92. The molecule has 0 bridgehead atoms. The van der Waals surface area contributed by atoms with Crippen LogP contribution in [0, 0.1) is 0 Å². The molecule has 3 N–H and O–H groups in total. The third kappa shape index (κ3) is 7.11. The molecule has 0 fully saturated rings. The molecule has 0 radical (unpaired) electrons. The molecule has 118 valence electrons. The lowest BCUT2D eigenvalue weighted by molar-refractivity contribution is -0.139. The van der Waals surface area contributed by atoms with Gasteiger partial charge in [-0.2, -0.15) is 0 Å². The van der Waals surface area contributed by atoms with Gasteiger partial charge in [-0.05, 0) is 30.5 Å². The van der Waals surface area contributed by atoms with Crippen LogP contribution in [-0.2, 0) is 16.0 Å². The lowest BCUT2D eigenvalue weighted by atomic mass is 10.1. The van der Waals surface area contributed by atoms with Crippen molar-refractivity contribution < 1.29 is 14.7 Å². The molecule has 0 heterocycles. The molecule has 5 nitrogen and oxygen atoms in total. The fraction of sp³-hybridized carbons (Fsp3) is 0.467. The van der Waals surface area contributed by atoms with Gasteiger partial charge in [0.05, 0.1) is 6.54 Å². The normalized spacial score (nSPS) is 11.3. The van der Waals surface area contributed by atoms with Crippen LogP contribution >= 0.6 is 12.4 Å². The van der Waals surface area contributed by atoms with Crippen LogP contribution in [0.2, 0.25) is 0 Å². The van der Waals surface area contributed by atoms with Crippen LogP contribution in [0.1, 0.15) is 32.3 Å². The second kappa shape index (κ2) is 10.2. The van der Waals surface area contributed by atoms with Gasteiger partial charge in [0.25, 0.3) is 0 Å². The van der Waals surface area contributed by atoms with Gasteiger partial charge >= 0.3 is 5.97 Å². The number of nitrogens with one attached hydrogen (secondary N) is 2. The molecule has 0 aromatic heterocycles. The molecule has 0 spiro atoms. The summed E-state index contributed by atoms with van der Waals surface area (Å²) in [5.74, 6) is -1.16. The van der Waals surface area contributed by atoms with E-state index in [-0.39, 0.29) is 24.9 Å². The first-order valence-corrected chi connectivity index (χ1v) is 6.91. The van der Waals surface area contributed by atoms with Crippen molar-refractivity contribution >= 4 is 30.0 Å². The van der Waals surface area contributed by atoms with Crippen molar-refractivity contribution in [3.8, 4) is 0 Å². The molecule has 0 saturated carbocycles. The maximum Gasteiger partial charge on any atom is 0.320 e. The van der Waals surface area contributed by atoms with Crippen molar-refractivity contribution in [1.82, 2.24) is 5.32 Å². The van der Waals surface area contributed by atoms with Gasteiger partial charge in [0, 0.05) is 5.69 Å². The Hall–Kier alpha value is -1.59. The lowest BCUT2D eigenvalue weighted by Crippen LogP contribution is -2.41. The van der Waals surface area contributed by atoms with Crippen LogP contribution in [0.3, 0.4) is 0 Å². The lowest BCUT2D eigenvalue weighted by Gasteiger charge is -2.13. The van der Waals surface area contributed by atoms with Crippen molar-refractivity contribution in [2.45, 2.75) is 39.2 Å². The highest BCUT2D eigenvalue weighted by Gasteiger charge is 2.16. The van der Waals surface area contributed by atoms with Gasteiger partial charge in [0.15, 0.2) is 0 Å². The summed E-state index contributed by atoms with van der Waals surface area (Å²) in [5.41, 5.74) is 1.88. The van der Waals surface area contributed by atoms with Crippen LogP contribution in [0.4, 0.5) is 5.69 Å². The molecule has 0 saturated heterocycles. The quantitative estimate of drug-likeness (QED) is 0.688. The van der Waals surface area contributed by atoms with Gasteiger partial charge < -0.3 is 10.4 Å². The molecule has 1 rings (SSSR count). The van der Waals surface area contributed by atoms with Crippen LogP contribution in [0.15, 0.2) is 24.3 Å². The van der Waals surface area contributed by atoms with Gasteiger partial charge in [-0.15, -0.1) is 12.4 Å². The molecule has 1 aromatic carbocycles. The van der Waals surface area contributed by atoms with E-state index in [1.807, 2.05) is 38.1 Å². The fourth-order valence-electron chi connectivity index (χ4n) is 1.89. The van der Waals surface area contributed by atoms with E-state index in [1.54, 1.807) is 0 Å². The highest BCUT2D eigenvalue weighted by atomic mass is 35.5. The van der Waals surface area contributed by atoms with E-state index >= 15 is 0 Å². The Morgan fingerprint density at radius 3 is 2.57 bits per heavy atom. The largest absolute Gasteiger partial charge is 0.480 e. The summed E-state index contributed by atoms with van der Waals surface area (Å²) in [4.78, 5) is 22.7. The van der Waals surface area contributed by atoms with E-state index < -0.39 is 12.0 Å².